The Balaban J connectivity index is 2.71. The summed E-state index contributed by atoms with van der Waals surface area (Å²) < 4.78 is 5.45. The molecule has 0 aliphatic rings. The first-order valence-corrected chi connectivity index (χ1v) is 5.39. The van der Waals surface area contributed by atoms with Gasteiger partial charge in [-0.2, -0.15) is 0 Å². The van der Waals surface area contributed by atoms with Gasteiger partial charge in [0, 0.05) is 11.5 Å². The van der Waals surface area contributed by atoms with Crippen molar-refractivity contribution in [1.82, 2.24) is 4.98 Å². The Morgan fingerprint density at radius 1 is 1.41 bits per heavy atom. The number of hydrogen-bond donors (Lipinski definition) is 1. The highest BCUT2D eigenvalue weighted by atomic mass is 16.5. The SMILES string of the molecule is CCOc1cc(C(=O)O)nc2cc(C)ccc12. The van der Waals surface area contributed by atoms with Gasteiger partial charge < -0.3 is 9.84 Å². The molecule has 0 aliphatic carbocycles. The van der Waals surface area contributed by atoms with E-state index in [4.69, 9.17) is 9.84 Å². The molecule has 0 bridgehead atoms. The molecule has 0 unspecified atom stereocenters. The number of aryl methyl sites for hydroxylation is 1. The molecule has 1 N–H and O–H groups in total. The number of pyridine rings is 1. The van der Waals surface area contributed by atoms with Gasteiger partial charge in [0.25, 0.3) is 0 Å². The molecule has 1 aromatic carbocycles. The zero-order valence-electron chi connectivity index (χ0n) is 9.73. The van der Waals surface area contributed by atoms with Crippen molar-refractivity contribution in [3.8, 4) is 5.75 Å². The number of fused-ring (bicyclic) bond motifs is 1. The van der Waals surface area contributed by atoms with Crippen LogP contribution in [0.1, 0.15) is 23.0 Å². The monoisotopic (exact) mass is 231 g/mol. The molecule has 2 rings (SSSR count). The van der Waals surface area contributed by atoms with E-state index in [2.05, 4.69) is 4.98 Å². The normalized spacial score (nSPS) is 10.5. The molecule has 0 saturated heterocycles. The van der Waals surface area contributed by atoms with Gasteiger partial charge in [0.15, 0.2) is 5.69 Å². The van der Waals surface area contributed by atoms with Crippen LogP contribution in [0.15, 0.2) is 24.3 Å². The number of ether oxygens (including phenoxy) is 1. The Morgan fingerprint density at radius 3 is 2.82 bits per heavy atom. The Kier molecular flexibility index (Phi) is 2.95. The summed E-state index contributed by atoms with van der Waals surface area (Å²) in [5.41, 5.74) is 1.69. The summed E-state index contributed by atoms with van der Waals surface area (Å²) in [6.45, 7) is 4.29. The molecule has 0 amide bonds. The highest BCUT2D eigenvalue weighted by Gasteiger charge is 2.11. The molecule has 17 heavy (non-hydrogen) atoms. The third-order valence-corrected chi connectivity index (χ3v) is 2.45. The molecule has 88 valence electrons. The third kappa shape index (κ3) is 2.20. The molecule has 2 aromatic rings. The van der Waals surface area contributed by atoms with Gasteiger partial charge in [-0.05, 0) is 31.5 Å². The van der Waals surface area contributed by atoms with E-state index in [0.717, 1.165) is 10.9 Å². The summed E-state index contributed by atoms with van der Waals surface area (Å²) in [6, 6.07) is 7.16. The molecule has 0 saturated carbocycles. The minimum absolute atomic E-state index is 0.00606. The highest BCUT2D eigenvalue weighted by molar-refractivity contribution is 5.93. The number of carboxylic acid groups (broad SMARTS) is 1. The van der Waals surface area contributed by atoms with Crippen LogP contribution in [-0.4, -0.2) is 22.7 Å². The summed E-state index contributed by atoms with van der Waals surface area (Å²) in [6.07, 6.45) is 0. The smallest absolute Gasteiger partial charge is 0.354 e. The van der Waals surface area contributed by atoms with Crippen LogP contribution in [0.4, 0.5) is 0 Å². The van der Waals surface area contributed by atoms with Crippen LogP contribution >= 0.6 is 0 Å². The van der Waals surface area contributed by atoms with Crippen molar-refractivity contribution in [1.29, 1.82) is 0 Å². The Labute approximate surface area is 98.9 Å². The molecular weight excluding hydrogens is 218 g/mol. The van der Waals surface area contributed by atoms with Gasteiger partial charge in [0.1, 0.15) is 5.75 Å². The average Bonchev–Trinajstić information content (AvgIpc) is 2.28. The van der Waals surface area contributed by atoms with Crippen LogP contribution in [0, 0.1) is 6.92 Å². The van der Waals surface area contributed by atoms with Gasteiger partial charge >= 0.3 is 5.97 Å². The molecule has 0 fully saturated rings. The molecular formula is C13H13NO3. The van der Waals surface area contributed by atoms with Gasteiger partial charge in [0.05, 0.1) is 12.1 Å². The maximum atomic E-state index is 11.0. The van der Waals surface area contributed by atoms with E-state index in [1.807, 2.05) is 32.0 Å². The molecule has 0 radical (unpaired) electrons. The maximum absolute atomic E-state index is 11.0. The Morgan fingerprint density at radius 2 is 2.18 bits per heavy atom. The van der Waals surface area contributed by atoms with E-state index in [1.54, 1.807) is 0 Å². The highest BCUT2D eigenvalue weighted by Crippen LogP contribution is 2.26. The van der Waals surface area contributed by atoms with Crippen molar-refractivity contribution < 1.29 is 14.6 Å². The number of nitrogens with zero attached hydrogens (tertiary/aromatic N) is 1. The fraction of sp³-hybridized carbons (Fsp3) is 0.231. The summed E-state index contributed by atoms with van der Waals surface area (Å²) in [4.78, 5) is 15.1. The first-order valence-electron chi connectivity index (χ1n) is 5.39. The summed E-state index contributed by atoms with van der Waals surface area (Å²) in [5, 5.41) is 9.82. The zero-order valence-corrected chi connectivity index (χ0v) is 9.73. The second kappa shape index (κ2) is 4.41. The van der Waals surface area contributed by atoms with Crippen LogP contribution in [0.5, 0.6) is 5.75 Å². The number of carboxylic acids is 1. The fourth-order valence-corrected chi connectivity index (χ4v) is 1.69. The second-order valence-corrected chi connectivity index (χ2v) is 3.76. The maximum Gasteiger partial charge on any atom is 0.354 e. The van der Waals surface area contributed by atoms with Crippen molar-refractivity contribution in [3.63, 3.8) is 0 Å². The molecule has 0 spiro atoms. The van der Waals surface area contributed by atoms with E-state index in [9.17, 15) is 4.79 Å². The standard InChI is InChI=1S/C13H13NO3/c1-3-17-12-7-11(13(15)16)14-10-6-8(2)4-5-9(10)12/h4-7H,3H2,1-2H3,(H,15,16). The van der Waals surface area contributed by atoms with Crippen molar-refractivity contribution in [2.75, 3.05) is 6.61 Å². The molecule has 0 aliphatic heterocycles. The van der Waals surface area contributed by atoms with Gasteiger partial charge in [-0.3, -0.25) is 0 Å². The lowest BCUT2D eigenvalue weighted by molar-refractivity contribution is 0.0690. The van der Waals surface area contributed by atoms with Crippen molar-refractivity contribution in [2.45, 2.75) is 13.8 Å². The quantitative estimate of drug-likeness (QED) is 0.882. The largest absolute Gasteiger partial charge is 0.493 e. The molecule has 0 atom stereocenters. The number of carbonyl (C=O) groups is 1. The van der Waals surface area contributed by atoms with Gasteiger partial charge in [-0.1, -0.05) is 6.07 Å². The minimum Gasteiger partial charge on any atom is -0.493 e. The first kappa shape index (κ1) is 11.4. The van der Waals surface area contributed by atoms with Gasteiger partial charge in [-0.25, -0.2) is 9.78 Å². The molecule has 1 aromatic heterocycles. The molecule has 4 nitrogen and oxygen atoms in total. The summed E-state index contributed by atoms with van der Waals surface area (Å²) in [7, 11) is 0. The van der Waals surface area contributed by atoms with Gasteiger partial charge in [-0.15, -0.1) is 0 Å². The Hall–Kier alpha value is -2.10. The van der Waals surface area contributed by atoms with E-state index in [1.165, 1.54) is 6.07 Å². The van der Waals surface area contributed by atoms with E-state index < -0.39 is 5.97 Å². The van der Waals surface area contributed by atoms with Crippen molar-refractivity contribution >= 4 is 16.9 Å². The summed E-state index contributed by atoms with van der Waals surface area (Å²) >= 11 is 0. The first-order chi connectivity index (χ1) is 8.11. The van der Waals surface area contributed by atoms with Crippen LogP contribution in [-0.2, 0) is 0 Å². The Bertz CT molecular complexity index is 578. The van der Waals surface area contributed by atoms with Crippen LogP contribution in [0.2, 0.25) is 0 Å². The predicted octanol–water partition coefficient (Wildman–Crippen LogP) is 2.64. The van der Waals surface area contributed by atoms with Crippen LogP contribution < -0.4 is 4.74 Å². The van der Waals surface area contributed by atoms with E-state index in [0.29, 0.717) is 17.9 Å². The lowest BCUT2D eigenvalue weighted by Crippen LogP contribution is -2.03. The van der Waals surface area contributed by atoms with E-state index >= 15 is 0 Å². The number of benzene rings is 1. The topological polar surface area (TPSA) is 59.4 Å². The molecule has 1 heterocycles. The second-order valence-electron chi connectivity index (χ2n) is 3.76. The fourth-order valence-electron chi connectivity index (χ4n) is 1.69. The van der Waals surface area contributed by atoms with Crippen LogP contribution in [0.3, 0.4) is 0 Å². The zero-order chi connectivity index (χ0) is 12.4. The minimum atomic E-state index is -1.05. The lowest BCUT2D eigenvalue weighted by atomic mass is 10.1. The van der Waals surface area contributed by atoms with Crippen molar-refractivity contribution in [3.05, 3.63) is 35.5 Å². The number of rotatable bonds is 3. The van der Waals surface area contributed by atoms with E-state index in [-0.39, 0.29) is 5.69 Å². The summed E-state index contributed by atoms with van der Waals surface area (Å²) in [5.74, 6) is -0.482. The average molecular weight is 231 g/mol. The van der Waals surface area contributed by atoms with Crippen LogP contribution in [0.25, 0.3) is 10.9 Å². The number of hydrogen-bond acceptors (Lipinski definition) is 3. The lowest BCUT2D eigenvalue weighted by Gasteiger charge is -2.08. The number of aromatic carboxylic acids is 1. The third-order valence-electron chi connectivity index (χ3n) is 2.45. The molecule has 4 heteroatoms. The number of aromatic nitrogens is 1. The predicted molar refractivity (Wildman–Crippen MR) is 64.6 cm³/mol. The van der Waals surface area contributed by atoms with Gasteiger partial charge in [0.2, 0.25) is 0 Å². The van der Waals surface area contributed by atoms with Crippen molar-refractivity contribution in [2.24, 2.45) is 0 Å².